The van der Waals surface area contributed by atoms with Crippen molar-refractivity contribution in [2.45, 2.75) is 38.9 Å². The SMILES string of the molecule is CC(C)Oc1ncc(OC2CC2)cc1C(=O)N(C)C. The minimum atomic E-state index is -0.135. The van der Waals surface area contributed by atoms with Crippen LogP contribution in [0.5, 0.6) is 11.6 Å². The fourth-order valence-electron chi connectivity index (χ4n) is 1.59. The first kappa shape index (κ1) is 13.6. The molecule has 5 heteroatoms. The molecule has 0 atom stereocenters. The van der Waals surface area contributed by atoms with Gasteiger partial charge in [-0.25, -0.2) is 4.98 Å². The van der Waals surface area contributed by atoms with E-state index in [9.17, 15) is 4.79 Å². The number of amides is 1. The van der Waals surface area contributed by atoms with Crippen molar-refractivity contribution in [3.8, 4) is 11.6 Å². The second-order valence-electron chi connectivity index (χ2n) is 5.21. The monoisotopic (exact) mass is 264 g/mol. The summed E-state index contributed by atoms with van der Waals surface area (Å²) in [5.41, 5.74) is 0.442. The van der Waals surface area contributed by atoms with Crippen LogP contribution in [0.3, 0.4) is 0 Å². The number of pyridine rings is 1. The average molecular weight is 264 g/mol. The van der Waals surface area contributed by atoms with Crippen molar-refractivity contribution in [2.75, 3.05) is 14.1 Å². The van der Waals surface area contributed by atoms with Gasteiger partial charge in [-0.3, -0.25) is 4.79 Å². The van der Waals surface area contributed by atoms with Gasteiger partial charge in [0.15, 0.2) is 0 Å². The summed E-state index contributed by atoms with van der Waals surface area (Å²) in [7, 11) is 3.41. The molecule has 1 heterocycles. The number of ether oxygens (including phenoxy) is 2. The van der Waals surface area contributed by atoms with Gasteiger partial charge >= 0.3 is 0 Å². The Labute approximate surface area is 113 Å². The summed E-state index contributed by atoms with van der Waals surface area (Å²) in [4.78, 5) is 17.9. The Morgan fingerprint density at radius 2 is 2.11 bits per heavy atom. The molecule has 0 aliphatic heterocycles. The van der Waals surface area contributed by atoms with E-state index in [1.165, 1.54) is 4.90 Å². The van der Waals surface area contributed by atoms with Crippen LogP contribution in [0.2, 0.25) is 0 Å². The zero-order valence-electron chi connectivity index (χ0n) is 11.8. The van der Waals surface area contributed by atoms with Gasteiger partial charge in [-0.1, -0.05) is 0 Å². The van der Waals surface area contributed by atoms with Crippen molar-refractivity contribution in [3.63, 3.8) is 0 Å². The zero-order chi connectivity index (χ0) is 14.0. The molecule has 104 valence electrons. The van der Waals surface area contributed by atoms with Crippen LogP contribution in [0.4, 0.5) is 0 Å². The van der Waals surface area contributed by atoms with Crippen LogP contribution in [-0.2, 0) is 0 Å². The van der Waals surface area contributed by atoms with E-state index in [0.29, 0.717) is 17.2 Å². The standard InChI is InChI=1S/C14H20N2O3/c1-9(2)18-13-12(14(17)16(3)4)7-11(8-15-13)19-10-5-6-10/h7-10H,5-6H2,1-4H3. The largest absolute Gasteiger partial charge is 0.489 e. The van der Waals surface area contributed by atoms with Gasteiger partial charge in [-0.15, -0.1) is 0 Å². The second-order valence-corrected chi connectivity index (χ2v) is 5.21. The predicted octanol–water partition coefficient (Wildman–Crippen LogP) is 2.11. The summed E-state index contributed by atoms with van der Waals surface area (Å²) in [6, 6.07) is 1.71. The minimum Gasteiger partial charge on any atom is -0.489 e. The van der Waals surface area contributed by atoms with Crippen LogP contribution in [0.25, 0.3) is 0 Å². The van der Waals surface area contributed by atoms with E-state index in [1.807, 2.05) is 13.8 Å². The van der Waals surface area contributed by atoms with Crippen molar-refractivity contribution in [1.29, 1.82) is 0 Å². The quantitative estimate of drug-likeness (QED) is 0.817. The number of nitrogens with zero attached hydrogens (tertiary/aromatic N) is 2. The summed E-state index contributed by atoms with van der Waals surface area (Å²) >= 11 is 0. The molecule has 0 bridgehead atoms. The van der Waals surface area contributed by atoms with Crippen LogP contribution in [0, 0.1) is 0 Å². The molecule has 0 aromatic carbocycles. The molecular formula is C14H20N2O3. The Morgan fingerprint density at radius 3 is 2.63 bits per heavy atom. The highest BCUT2D eigenvalue weighted by atomic mass is 16.5. The molecule has 1 amide bonds. The first-order chi connectivity index (χ1) is 8.97. The lowest BCUT2D eigenvalue weighted by Crippen LogP contribution is -2.23. The third-order valence-corrected chi connectivity index (χ3v) is 2.64. The maximum absolute atomic E-state index is 12.2. The fourth-order valence-corrected chi connectivity index (χ4v) is 1.59. The Hall–Kier alpha value is -1.78. The number of rotatable bonds is 5. The van der Waals surface area contributed by atoms with E-state index in [1.54, 1.807) is 26.4 Å². The molecular weight excluding hydrogens is 244 g/mol. The molecule has 1 aliphatic rings. The lowest BCUT2D eigenvalue weighted by atomic mass is 10.2. The van der Waals surface area contributed by atoms with Gasteiger partial charge in [-0.05, 0) is 32.8 Å². The van der Waals surface area contributed by atoms with Gasteiger partial charge < -0.3 is 14.4 Å². The smallest absolute Gasteiger partial charge is 0.258 e. The lowest BCUT2D eigenvalue weighted by molar-refractivity contribution is 0.0819. The Bertz CT molecular complexity index is 468. The van der Waals surface area contributed by atoms with Gasteiger partial charge in [0.05, 0.1) is 18.4 Å². The van der Waals surface area contributed by atoms with E-state index in [2.05, 4.69) is 4.98 Å². The Kier molecular flexibility index (Phi) is 3.93. The second kappa shape index (κ2) is 5.47. The number of carbonyl (C=O) groups excluding carboxylic acids is 1. The van der Waals surface area contributed by atoms with Crippen LogP contribution in [-0.4, -0.2) is 42.1 Å². The predicted molar refractivity (Wildman–Crippen MR) is 71.7 cm³/mol. The Morgan fingerprint density at radius 1 is 1.42 bits per heavy atom. The molecule has 1 fully saturated rings. The van der Waals surface area contributed by atoms with Crippen molar-refractivity contribution in [2.24, 2.45) is 0 Å². The van der Waals surface area contributed by atoms with Crippen LogP contribution in [0.1, 0.15) is 37.0 Å². The summed E-state index contributed by atoms with van der Waals surface area (Å²) in [6.45, 7) is 3.81. The molecule has 0 spiro atoms. The first-order valence-corrected chi connectivity index (χ1v) is 6.52. The molecule has 19 heavy (non-hydrogen) atoms. The van der Waals surface area contributed by atoms with Gasteiger partial charge in [0, 0.05) is 14.1 Å². The van der Waals surface area contributed by atoms with Crippen molar-refractivity contribution in [1.82, 2.24) is 9.88 Å². The van der Waals surface area contributed by atoms with Crippen molar-refractivity contribution in [3.05, 3.63) is 17.8 Å². The van der Waals surface area contributed by atoms with E-state index < -0.39 is 0 Å². The topological polar surface area (TPSA) is 51.7 Å². The van der Waals surface area contributed by atoms with Crippen LogP contribution in [0.15, 0.2) is 12.3 Å². The van der Waals surface area contributed by atoms with Crippen LogP contribution >= 0.6 is 0 Å². The normalized spacial score (nSPS) is 14.4. The third-order valence-electron chi connectivity index (χ3n) is 2.64. The molecule has 2 rings (SSSR count). The van der Waals surface area contributed by atoms with E-state index in [0.717, 1.165) is 12.8 Å². The van der Waals surface area contributed by atoms with Gasteiger partial charge in [0.2, 0.25) is 5.88 Å². The molecule has 0 N–H and O–H groups in total. The van der Waals surface area contributed by atoms with Gasteiger partial charge in [-0.2, -0.15) is 0 Å². The van der Waals surface area contributed by atoms with E-state index in [-0.39, 0.29) is 18.1 Å². The highest BCUT2D eigenvalue weighted by Gasteiger charge is 2.25. The van der Waals surface area contributed by atoms with E-state index >= 15 is 0 Å². The summed E-state index contributed by atoms with van der Waals surface area (Å²) in [5, 5.41) is 0. The highest BCUT2D eigenvalue weighted by Crippen LogP contribution is 2.29. The molecule has 5 nitrogen and oxygen atoms in total. The number of carbonyl (C=O) groups is 1. The maximum atomic E-state index is 12.2. The van der Waals surface area contributed by atoms with Crippen molar-refractivity contribution < 1.29 is 14.3 Å². The lowest BCUT2D eigenvalue weighted by Gasteiger charge is -2.16. The maximum Gasteiger partial charge on any atom is 0.258 e. The summed E-state index contributed by atoms with van der Waals surface area (Å²) < 4.78 is 11.2. The van der Waals surface area contributed by atoms with E-state index in [4.69, 9.17) is 9.47 Å². The molecule has 0 unspecified atom stereocenters. The average Bonchev–Trinajstić information content (AvgIpc) is 3.13. The first-order valence-electron chi connectivity index (χ1n) is 6.52. The van der Waals surface area contributed by atoms with Gasteiger partial charge in [0.1, 0.15) is 11.3 Å². The fraction of sp³-hybridized carbons (Fsp3) is 0.571. The third kappa shape index (κ3) is 3.59. The highest BCUT2D eigenvalue weighted by molar-refractivity contribution is 5.96. The number of aromatic nitrogens is 1. The molecule has 1 aliphatic carbocycles. The summed E-state index contributed by atoms with van der Waals surface area (Å²) in [5.74, 6) is 0.852. The molecule has 0 saturated heterocycles. The molecule has 0 radical (unpaired) electrons. The Balaban J connectivity index is 2.28. The minimum absolute atomic E-state index is 0.0311. The number of hydrogen-bond acceptors (Lipinski definition) is 4. The van der Waals surface area contributed by atoms with Crippen LogP contribution < -0.4 is 9.47 Å². The summed E-state index contributed by atoms with van der Waals surface area (Å²) in [6.07, 6.45) is 4.00. The van der Waals surface area contributed by atoms with Gasteiger partial charge in [0.25, 0.3) is 5.91 Å². The zero-order valence-corrected chi connectivity index (χ0v) is 11.8. The molecule has 1 aromatic rings. The number of hydrogen-bond donors (Lipinski definition) is 0. The van der Waals surface area contributed by atoms with Crippen molar-refractivity contribution >= 4 is 5.91 Å². The molecule has 1 saturated carbocycles. The molecule has 1 aromatic heterocycles.